The summed E-state index contributed by atoms with van der Waals surface area (Å²) in [5, 5.41) is 4.68. The van der Waals surface area contributed by atoms with E-state index in [2.05, 4.69) is 5.10 Å². The second kappa shape index (κ2) is 9.89. The van der Waals surface area contributed by atoms with Gasteiger partial charge in [-0.2, -0.15) is 31.4 Å². The van der Waals surface area contributed by atoms with Gasteiger partial charge >= 0.3 is 12.4 Å². The molecule has 9 heteroatoms. The molecule has 1 aromatic heterocycles. The van der Waals surface area contributed by atoms with Gasteiger partial charge in [-0.05, 0) is 41.5 Å². The molecule has 1 heterocycles. The molecule has 0 atom stereocenters. The molecule has 38 heavy (non-hydrogen) atoms. The van der Waals surface area contributed by atoms with Gasteiger partial charge in [-0.25, -0.2) is 0 Å². The maximum atomic E-state index is 13.8. The lowest BCUT2D eigenvalue weighted by molar-refractivity contribution is -0.138. The number of hydrogen-bond donors (Lipinski definition) is 0. The van der Waals surface area contributed by atoms with Crippen molar-refractivity contribution in [2.24, 2.45) is 0 Å². The summed E-state index contributed by atoms with van der Waals surface area (Å²) < 4.78 is 87.8. The number of nitrogens with zero attached hydrogens (tertiary/aromatic N) is 2. The van der Waals surface area contributed by atoms with E-state index in [9.17, 15) is 26.3 Å². The molecule has 5 aromatic rings. The maximum Gasteiger partial charge on any atom is 0.418 e. The molecule has 194 valence electrons. The normalized spacial score (nSPS) is 12.2. The largest absolute Gasteiger partial charge is 0.489 e. The molecular formula is C29H20F6N2O. The van der Waals surface area contributed by atoms with E-state index >= 15 is 0 Å². The lowest BCUT2D eigenvalue weighted by atomic mass is 10.0. The van der Waals surface area contributed by atoms with Gasteiger partial charge in [-0.3, -0.25) is 4.68 Å². The smallest absolute Gasteiger partial charge is 0.418 e. The zero-order valence-corrected chi connectivity index (χ0v) is 19.7. The zero-order valence-electron chi connectivity index (χ0n) is 19.7. The van der Waals surface area contributed by atoms with Gasteiger partial charge in [0.2, 0.25) is 0 Å². The SMILES string of the molecule is FC(F)(F)c1cccc(COc2cccc(-c3c4cccc(C(F)(F)F)c4nn3Cc3ccccc3)c2)c1. The summed E-state index contributed by atoms with van der Waals surface area (Å²) in [5.41, 5.74) is 0.445. The number of alkyl halides is 6. The van der Waals surface area contributed by atoms with Crippen molar-refractivity contribution < 1.29 is 31.1 Å². The molecule has 5 rings (SSSR count). The fourth-order valence-corrected chi connectivity index (χ4v) is 4.29. The van der Waals surface area contributed by atoms with Gasteiger partial charge in [0.25, 0.3) is 0 Å². The van der Waals surface area contributed by atoms with Crippen molar-refractivity contribution in [3.05, 3.63) is 119 Å². The van der Waals surface area contributed by atoms with E-state index in [1.165, 1.54) is 22.9 Å². The lowest BCUT2D eigenvalue weighted by Gasteiger charge is -2.12. The van der Waals surface area contributed by atoms with Crippen LogP contribution in [0.15, 0.2) is 97.1 Å². The highest BCUT2D eigenvalue weighted by atomic mass is 19.4. The van der Waals surface area contributed by atoms with Crippen LogP contribution in [0.25, 0.3) is 22.2 Å². The predicted octanol–water partition coefficient (Wildman–Crippen LogP) is 8.37. The molecule has 0 saturated heterocycles. The molecule has 0 aliphatic rings. The molecule has 0 unspecified atom stereocenters. The van der Waals surface area contributed by atoms with Gasteiger partial charge in [-0.15, -0.1) is 0 Å². The Morgan fingerprint density at radius 1 is 0.684 bits per heavy atom. The molecule has 0 bridgehead atoms. The summed E-state index contributed by atoms with van der Waals surface area (Å²) in [4.78, 5) is 0. The summed E-state index contributed by atoms with van der Waals surface area (Å²) in [6, 6.07) is 24.7. The van der Waals surface area contributed by atoms with Crippen molar-refractivity contribution in [2.75, 3.05) is 0 Å². The highest BCUT2D eigenvalue weighted by Crippen LogP contribution is 2.39. The van der Waals surface area contributed by atoms with Crippen LogP contribution in [-0.2, 0) is 25.5 Å². The predicted molar refractivity (Wildman–Crippen MR) is 131 cm³/mol. The number of hydrogen-bond acceptors (Lipinski definition) is 2. The molecule has 0 spiro atoms. The summed E-state index contributed by atoms with van der Waals surface area (Å²) >= 11 is 0. The van der Waals surface area contributed by atoms with Crippen molar-refractivity contribution >= 4 is 10.9 Å². The van der Waals surface area contributed by atoms with Crippen molar-refractivity contribution in [1.82, 2.24) is 9.78 Å². The molecular weight excluding hydrogens is 506 g/mol. The Labute approximate surface area is 213 Å². The van der Waals surface area contributed by atoms with Crippen LogP contribution in [0, 0.1) is 0 Å². The minimum absolute atomic E-state index is 0.115. The van der Waals surface area contributed by atoms with E-state index in [4.69, 9.17) is 4.74 Å². The van der Waals surface area contributed by atoms with E-state index in [1.807, 2.05) is 30.3 Å². The minimum atomic E-state index is -4.58. The van der Waals surface area contributed by atoms with Crippen LogP contribution in [0.3, 0.4) is 0 Å². The number of fused-ring (bicyclic) bond motifs is 1. The van der Waals surface area contributed by atoms with Crippen LogP contribution in [-0.4, -0.2) is 9.78 Å². The average molecular weight is 526 g/mol. The Hall–Kier alpha value is -4.27. The number of ether oxygens (including phenoxy) is 1. The van der Waals surface area contributed by atoms with Crippen molar-refractivity contribution in [1.29, 1.82) is 0 Å². The Bertz CT molecular complexity index is 1570. The van der Waals surface area contributed by atoms with E-state index in [-0.39, 0.29) is 18.7 Å². The van der Waals surface area contributed by atoms with Crippen molar-refractivity contribution in [3.63, 3.8) is 0 Å². The topological polar surface area (TPSA) is 27.1 Å². The Kier molecular flexibility index (Phi) is 6.60. The van der Waals surface area contributed by atoms with Crippen LogP contribution >= 0.6 is 0 Å². The van der Waals surface area contributed by atoms with Gasteiger partial charge in [0.1, 0.15) is 17.9 Å². The first-order valence-electron chi connectivity index (χ1n) is 11.6. The monoisotopic (exact) mass is 526 g/mol. The highest BCUT2D eigenvalue weighted by molar-refractivity contribution is 5.95. The fourth-order valence-electron chi connectivity index (χ4n) is 4.29. The number of benzene rings is 4. The van der Waals surface area contributed by atoms with Gasteiger partial charge in [0.05, 0.1) is 23.4 Å². The molecule has 0 fully saturated rings. The van der Waals surface area contributed by atoms with Crippen molar-refractivity contribution in [2.45, 2.75) is 25.5 Å². The van der Waals surface area contributed by atoms with Crippen molar-refractivity contribution in [3.8, 4) is 17.0 Å². The van der Waals surface area contributed by atoms with E-state index in [0.29, 0.717) is 28.0 Å². The molecule has 0 aliphatic heterocycles. The molecule has 0 N–H and O–H groups in total. The van der Waals surface area contributed by atoms with Gasteiger partial charge in [0.15, 0.2) is 0 Å². The summed E-state index contributed by atoms with van der Waals surface area (Å²) in [6.07, 6.45) is -9.05. The van der Waals surface area contributed by atoms with Gasteiger partial charge < -0.3 is 4.74 Å². The first-order chi connectivity index (χ1) is 18.1. The maximum absolute atomic E-state index is 13.8. The first kappa shape index (κ1) is 25.4. The summed E-state index contributed by atoms with van der Waals surface area (Å²) in [6.45, 7) is 0.118. The lowest BCUT2D eigenvalue weighted by Crippen LogP contribution is -2.07. The Balaban J connectivity index is 1.53. The third-order valence-electron chi connectivity index (χ3n) is 6.02. The zero-order chi connectivity index (χ0) is 26.9. The molecule has 0 aliphatic carbocycles. The highest BCUT2D eigenvalue weighted by Gasteiger charge is 2.34. The second-order valence-electron chi connectivity index (χ2n) is 8.71. The summed E-state index contributed by atoms with van der Waals surface area (Å²) in [5.74, 6) is 0.354. The Morgan fingerprint density at radius 3 is 2.13 bits per heavy atom. The fraction of sp³-hybridized carbons (Fsp3) is 0.138. The van der Waals surface area contributed by atoms with Gasteiger partial charge in [0, 0.05) is 10.9 Å². The van der Waals surface area contributed by atoms with E-state index in [0.717, 1.165) is 23.8 Å². The van der Waals surface area contributed by atoms with Crippen LogP contribution in [0.2, 0.25) is 0 Å². The van der Waals surface area contributed by atoms with Crippen LogP contribution in [0.5, 0.6) is 5.75 Å². The molecule has 0 amide bonds. The first-order valence-corrected chi connectivity index (χ1v) is 11.6. The number of rotatable bonds is 6. The quantitative estimate of drug-likeness (QED) is 0.208. The van der Waals surface area contributed by atoms with E-state index < -0.39 is 23.5 Å². The molecule has 3 nitrogen and oxygen atoms in total. The van der Waals surface area contributed by atoms with Crippen LogP contribution in [0.1, 0.15) is 22.3 Å². The molecule has 0 radical (unpaired) electrons. The number of halogens is 6. The second-order valence-corrected chi connectivity index (χ2v) is 8.71. The summed E-state index contributed by atoms with van der Waals surface area (Å²) in [7, 11) is 0. The van der Waals surface area contributed by atoms with Crippen LogP contribution in [0.4, 0.5) is 26.3 Å². The van der Waals surface area contributed by atoms with Gasteiger partial charge in [-0.1, -0.05) is 66.7 Å². The third kappa shape index (κ3) is 5.37. The standard InChI is InChI=1S/C29H20F6N2O/c30-28(31,32)22-11-4-9-20(15-22)18-38-23-12-5-10-21(16-23)27-24-13-6-14-25(29(33,34)35)26(24)36-37(27)17-19-7-2-1-3-8-19/h1-16H,17-18H2. The van der Waals surface area contributed by atoms with E-state index in [1.54, 1.807) is 30.3 Å². The Morgan fingerprint density at radius 2 is 1.39 bits per heavy atom. The third-order valence-corrected chi connectivity index (χ3v) is 6.02. The average Bonchev–Trinajstić information content (AvgIpc) is 3.25. The molecule has 0 saturated carbocycles. The van der Waals surface area contributed by atoms with Crippen LogP contribution < -0.4 is 4.74 Å². The minimum Gasteiger partial charge on any atom is -0.489 e. The molecule has 4 aromatic carbocycles. The number of aromatic nitrogens is 2.